The number of carbonyl (C=O) groups excluding carboxylic acids is 2. The molecule has 2 N–H and O–H groups in total. The Labute approximate surface area is 99.6 Å². The number of hydrogen-bond acceptors (Lipinski definition) is 2. The average Bonchev–Trinajstić information content (AvgIpc) is 2.26. The predicted molar refractivity (Wildman–Crippen MR) is 63.6 cm³/mol. The van der Waals surface area contributed by atoms with Crippen LogP contribution in [0.1, 0.15) is 28.8 Å². The van der Waals surface area contributed by atoms with Crippen LogP contribution in [-0.4, -0.2) is 17.6 Å². The average molecular weight is 240 g/mol. The lowest BCUT2D eigenvalue weighted by atomic mass is 10.0. The van der Waals surface area contributed by atoms with Gasteiger partial charge in [-0.15, -0.1) is 11.6 Å². The van der Waals surface area contributed by atoms with Crippen LogP contribution in [0.3, 0.4) is 0 Å². The van der Waals surface area contributed by atoms with Crippen LogP contribution in [0.25, 0.3) is 0 Å². The molecule has 0 unspecified atom stereocenters. The molecule has 0 aliphatic heterocycles. The van der Waals surface area contributed by atoms with Gasteiger partial charge in [-0.1, -0.05) is 24.3 Å². The Balaban J connectivity index is 2.63. The molecule has 0 bridgehead atoms. The van der Waals surface area contributed by atoms with E-state index in [0.717, 1.165) is 5.56 Å². The minimum absolute atomic E-state index is 0.0753. The van der Waals surface area contributed by atoms with Crippen molar-refractivity contribution in [1.29, 1.82) is 0 Å². The Hall–Kier alpha value is -1.35. The van der Waals surface area contributed by atoms with E-state index >= 15 is 0 Å². The van der Waals surface area contributed by atoms with Crippen LogP contribution in [-0.2, 0) is 11.2 Å². The highest BCUT2D eigenvalue weighted by molar-refractivity contribution is 6.18. The van der Waals surface area contributed by atoms with E-state index in [-0.39, 0.29) is 18.1 Å². The van der Waals surface area contributed by atoms with Crippen molar-refractivity contribution >= 4 is 23.3 Å². The van der Waals surface area contributed by atoms with Gasteiger partial charge in [0, 0.05) is 17.9 Å². The van der Waals surface area contributed by atoms with Crippen molar-refractivity contribution < 1.29 is 9.59 Å². The first-order chi connectivity index (χ1) is 7.63. The van der Waals surface area contributed by atoms with E-state index in [4.69, 9.17) is 17.3 Å². The number of amides is 1. The summed E-state index contributed by atoms with van der Waals surface area (Å²) in [6.45, 7) is 0. The fourth-order valence-electron chi connectivity index (χ4n) is 1.38. The molecule has 0 aliphatic rings. The zero-order valence-corrected chi connectivity index (χ0v) is 9.67. The molecule has 4 heteroatoms. The Morgan fingerprint density at radius 3 is 2.31 bits per heavy atom. The second kappa shape index (κ2) is 6.28. The summed E-state index contributed by atoms with van der Waals surface area (Å²) in [4.78, 5) is 22.3. The van der Waals surface area contributed by atoms with Crippen molar-refractivity contribution in [2.75, 3.05) is 5.88 Å². The maximum Gasteiger partial charge on any atom is 0.221 e. The van der Waals surface area contributed by atoms with Gasteiger partial charge >= 0.3 is 0 Å². The highest BCUT2D eigenvalue weighted by Crippen LogP contribution is 2.09. The van der Waals surface area contributed by atoms with Crippen LogP contribution >= 0.6 is 11.6 Å². The van der Waals surface area contributed by atoms with Crippen molar-refractivity contribution in [1.82, 2.24) is 0 Å². The molecular formula is C12H14ClNO2. The number of halogens is 1. The van der Waals surface area contributed by atoms with Crippen LogP contribution in [0.5, 0.6) is 0 Å². The number of nitrogens with two attached hydrogens (primary N) is 1. The Morgan fingerprint density at radius 1 is 1.19 bits per heavy atom. The van der Waals surface area contributed by atoms with Gasteiger partial charge < -0.3 is 5.73 Å². The molecule has 16 heavy (non-hydrogen) atoms. The molecule has 3 nitrogen and oxygen atoms in total. The molecule has 0 atom stereocenters. The van der Waals surface area contributed by atoms with E-state index in [1.165, 1.54) is 0 Å². The van der Waals surface area contributed by atoms with Gasteiger partial charge in [-0.3, -0.25) is 9.59 Å². The summed E-state index contributed by atoms with van der Waals surface area (Å²) in [7, 11) is 0. The summed E-state index contributed by atoms with van der Waals surface area (Å²) >= 11 is 5.51. The van der Waals surface area contributed by atoms with E-state index in [2.05, 4.69) is 0 Å². The number of carbonyl (C=O) groups is 2. The van der Waals surface area contributed by atoms with Crippen LogP contribution in [0, 0.1) is 0 Å². The maximum atomic E-state index is 11.6. The molecule has 1 aromatic carbocycles. The lowest BCUT2D eigenvalue weighted by molar-refractivity contribution is -0.117. The summed E-state index contributed by atoms with van der Waals surface area (Å²) in [5, 5.41) is 0. The molecule has 0 aliphatic carbocycles. The van der Waals surface area contributed by atoms with Gasteiger partial charge in [-0.25, -0.2) is 0 Å². The van der Waals surface area contributed by atoms with Crippen molar-refractivity contribution in [3.8, 4) is 0 Å². The van der Waals surface area contributed by atoms with E-state index in [9.17, 15) is 9.59 Å². The molecule has 1 rings (SSSR count). The lowest BCUT2D eigenvalue weighted by Crippen LogP contribution is -2.13. The van der Waals surface area contributed by atoms with E-state index in [1.807, 2.05) is 0 Å². The van der Waals surface area contributed by atoms with Gasteiger partial charge in [0.25, 0.3) is 0 Å². The number of hydrogen-bond donors (Lipinski definition) is 1. The normalized spacial score (nSPS) is 10.1. The number of benzene rings is 1. The summed E-state index contributed by atoms with van der Waals surface area (Å²) in [5.41, 5.74) is 6.54. The quantitative estimate of drug-likeness (QED) is 0.609. The zero-order chi connectivity index (χ0) is 12.0. The van der Waals surface area contributed by atoms with Gasteiger partial charge in [-0.05, 0) is 12.0 Å². The van der Waals surface area contributed by atoms with E-state index in [1.54, 1.807) is 24.3 Å². The second-order valence-corrected chi connectivity index (χ2v) is 3.93. The standard InChI is InChI=1S/C12H14ClNO2/c13-7-1-2-11(15)10-5-3-9(4-6-10)8-12(14)16/h3-6H,1-2,7-8H2,(H2,14,16). The van der Waals surface area contributed by atoms with Gasteiger partial charge in [0.05, 0.1) is 6.42 Å². The summed E-state index contributed by atoms with van der Waals surface area (Å²) in [6, 6.07) is 6.93. The Morgan fingerprint density at radius 2 is 1.81 bits per heavy atom. The minimum atomic E-state index is -0.374. The van der Waals surface area contributed by atoms with E-state index in [0.29, 0.717) is 24.3 Å². The zero-order valence-electron chi connectivity index (χ0n) is 8.91. The van der Waals surface area contributed by atoms with Crippen LogP contribution in [0.15, 0.2) is 24.3 Å². The molecule has 0 saturated heterocycles. The second-order valence-electron chi connectivity index (χ2n) is 3.56. The fourth-order valence-corrected chi connectivity index (χ4v) is 1.52. The largest absolute Gasteiger partial charge is 0.369 e. The van der Waals surface area contributed by atoms with Gasteiger partial charge in [0.1, 0.15) is 0 Å². The fraction of sp³-hybridized carbons (Fsp3) is 0.333. The van der Waals surface area contributed by atoms with Crippen molar-refractivity contribution in [2.45, 2.75) is 19.3 Å². The molecule has 0 heterocycles. The van der Waals surface area contributed by atoms with Crippen molar-refractivity contribution in [2.24, 2.45) is 5.73 Å². The summed E-state index contributed by atoms with van der Waals surface area (Å²) in [6.07, 6.45) is 1.35. The Kier molecular flexibility index (Phi) is 4.99. The van der Waals surface area contributed by atoms with Gasteiger partial charge in [-0.2, -0.15) is 0 Å². The minimum Gasteiger partial charge on any atom is -0.369 e. The molecule has 0 saturated carbocycles. The van der Waals surface area contributed by atoms with Crippen LogP contribution in [0.4, 0.5) is 0 Å². The van der Waals surface area contributed by atoms with Crippen LogP contribution < -0.4 is 5.73 Å². The highest BCUT2D eigenvalue weighted by atomic mass is 35.5. The maximum absolute atomic E-state index is 11.6. The highest BCUT2D eigenvalue weighted by Gasteiger charge is 2.05. The lowest BCUT2D eigenvalue weighted by Gasteiger charge is -2.01. The first kappa shape index (κ1) is 12.7. The number of primary amides is 1. The SMILES string of the molecule is NC(=O)Cc1ccc(C(=O)CCCCl)cc1. The molecule has 0 aromatic heterocycles. The van der Waals surface area contributed by atoms with Crippen molar-refractivity contribution in [3.63, 3.8) is 0 Å². The number of rotatable bonds is 6. The summed E-state index contributed by atoms with van der Waals surface area (Å²) < 4.78 is 0. The third kappa shape index (κ3) is 4.03. The molecule has 1 aromatic rings. The van der Waals surface area contributed by atoms with Gasteiger partial charge in [0.15, 0.2) is 5.78 Å². The third-order valence-corrected chi connectivity index (χ3v) is 2.46. The molecular weight excluding hydrogens is 226 g/mol. The first-order valence-corrected chi connectivity index (χ1v) is 5.63. The van der Waals surface area contributed by atoms with Crippen LogP contribution in [0.2, 0.25) is 0 Å². The predicted octanol–water partition coefficient (Wildman–Crippen LogP) is 1.92. The number of alkyl halides is 1. The first-order valence-electron chi connectivity index (χ1n) is 5.10. The number of Topliss-reactive ketones (excluding diaryl/α,β-unsaturated/α-hetero) is 1. The van der Waals surface area contributed by atoms with Gasteiger partial charge in [0.2, 0.25) is 5.91 Å². The summed E-state index contributed by atoms with van der Waals surface area (Å²) in [5.74, 6) is 0.193. The molecule has 1 amide bonds. The van der Waals surface area contributed by atoms with E-state index < -0.39 is 0 Å². The smallest absolute Gasteiger partial charge is 0.221 e. The third-order valence-electron chi connectivity index (χ3n) is 2.19. The Bertz CT molecular complexity index is 373. The molecule has 0 fully saturated rings. The molecule has 0 spiro atoms. The topological polar surface area (TPSA) is 60.2 Å². The molecule has 0 radical (unpaired) electrons. The monoisotopic (exact) mass is 239 g/mol. The van der Waals surface area contributed by atoms with Crippen molar-refractivity contribution in [3.05, 3.63) is 35.4 Å². The number of ketones is 1. The molecule has 86 valence electrons.